The third kappa shape index (κ3) is 6.95. The van der Waals surface area contributed by atoms with Crippen LogP contribution in [0.5, 0.6) is 0 Å². The fourth-order valence-electron chi connectivity index (χ4n) is 1.69. The monoisotopic (exact) mass is 235 g/mol. The van der Waals surface area contributed by atoms with Crippen LogP contribution in [0.3, 0.4) is 0 Å². The highest BCUT2D eigenvalue weighted by molar-refractivity contribution is 7.99. The van der Waals surface area contributed by atoms with Gasteiger partial charge in [0.25, 0.3) is 0 Å². The predicted molar refractivity (Wildman–Crippen MR) is 74.8 cm³/mol. The van der Waals surface area contributed by atoms with Crippen molar-refractivity contribution in [2.24, 2.45) is 0 Å². The first-order valence-corrected chi connectivity index (χ1v) is 7.39. The number of rotatable bonds is 9. The van der Waals surface area contributed by atoms with Gasteiger partial charge in [0.15, 0.2) is 0 Å². The zero-order valence-electron chi connectivity index (χ0n) is 10.2. The molecule has 0 N–H and O–H groups in total. The molecule has 0 fully saturated rings. The first-order valence-electron chi connectivity index (χ1n) is 6.40. The van der Waals surface area contributed by atoms with Crippen molar-refractivity contribution in [3.63, 3.8) is 0 Å². The van der Waals surface area contributed by atoms with Crippen LogP contribution in [0.1, 0.15) is 44.9 Å². The molecule has 0 aliphatic carbocycles. The standard InChI is InChI=1S/C15H23S/c1-2-3-4-5-6-7-11-14-16-15-12-9-8-10-13-15/h8-10,12-13H,1-7,11,14H2. The van der Waals surface area contributed by atoms with Gasteiger partial charge in [-0.2, -0.15) is 0 Å². The fraction of sp³-hybridized carbons (Fsp3) is 0.533. The summed E-state index contributed by atoms with van der Waals surface area (Å²) >= 11 is 1.98. The van der Waals surface area contributed by atoms with Crippen LogP contribution in [0.4, 0.5) is 0 Å². The summed E-state index contributed by atoms with van der Waals surface area (Å²) in [6.07, 6.45) is 9.31. The Morgan fingerprint density at radius 3 is 2.12 bits per heavy atom. The topological polar surface area (TPSA) is 0 Å². The molecule has 0 bridgehead atoms. The number of benzene rings is 1. The second-order valence-corrected chi connectivity index (χ2v) is 5.30. The molecule has 0 spiro atoms. The average molecular weight is 235 g/mol. The molecule has 0 heterocycles. The van der Waals surface area contributed by atoms with Crippen LogP contribution in [0.25, 0.3) is 0 Å². The number of hydrogen-bond donors (Lipinski definition) is 0. The Hall–Kier alpha value is -0.430. The Labute approximate surface area is 105 Å². The van der Waals surface area contributed by atoms with Gasteiger partial charge in [-0.1, -0.05) is 63.6 Å². The first kappa shape index (κ1) is 13.6. The predicted octanol–water partition coefficient (Wildman–Crippen LogP) is 5.34. The largest absolute Gasteiger partial charge is 0.126 e. The lowest BCUT2D eigenvalue weighted by molar-refractivity contribution is 0.612. The Bertz CT molecular complexity index is 243. The van der Waals surface area contributed by atoms with Crippen molar-refractivity contribution >= 4 is 11.8 Å². The van der Waals surface area contributed by atoms with Gasteiger partial charge in [-0.25, -0.2) is 0 Å². The second kappa shape index (κ2) is 9.77. The summed E-state index contributed by atoms with van der Waals surface area (Å²) < 4.78 is 0. The molecule has 89 valence electrons. The summed E-state index contributed by atoms with van der Waals surface area (Å²) in [6, 6.07) is 10.7. The number of hydrogen-bond acceptors (Lipinski definition) is 1. The molecule has 0 unspecified atom stereocenters. The zero-order valence-corrected chi connectivity index (χ0v) is 11.0. The Kier molecular flexibility index (Phi) is 8.33. The Balaban J connectivity index is 1.89. The van der Waals surface area contributed by atoms with E-state index in [1.54, 1.807) is 0 Å². The maximum atomic E-state index is 3.86. The van der Waals surface area contributed by atoms with E-state index in [4.69, 9.17) is 0 Å². The SMILES string of the molecule is [CH2]CCCCCCCCSc1ccccc1. The van der Waals surface area contributed by atoms with E-state index in [1.165, 1.54) is 49.2 Å². The molecule has 1 aromatic rings. The lowest BCUT2D eigenvalue weighted by Gasteiger charge is -2.02. The van der Waals surface area contributed by atoms with Gasteiger partial charge in [0.2, 0.25) is 0 Å². The molecule has 0 aliphatic heterocycles. The van der Waals surface area contributed by atoms with Gasteiger partial charge in [0, 0.05) is 4.90 Å². The van der Waals surface area contributed by atoms with Crippen LogP contribution >= 0.6 is 11.8 Å². The normalized spacial score (nSPS) is 10.6. The van der Waals surface area contributed by atoms with Gasteiger partial charge in [0.05, 0.1) is 0 Å². The summed E-state index contributed by atoms with van der Waals surface area (Å²) in [7, 11) is 0. The molecular weight excluding hydrogens is 212 g/mol. The van der Waals surface area contributed by atoms with Crippen LogP contribution in [-0.2, 0) is 0 Å². The Morgan fingerprint density at radius 1 is 0.812 bits per heavy atom. The lowest BCUT2D eigenvalue weighted by Crippen LogP contribution is -1.82. The van der Waals surface area contributed by atoms with Crippen molar-refractivity contribution in [2.45, 2.75) is 49.8 Å². The zero-order chi connectivity index (χ0) is 11.5. The Morgan fingerprint density at radius 2 is 1.44 bits per heavy atom. The second-order valence-electron chi connectivity index (χ2n) is 4.14. The third-order valence-electron chi connectivity index (χ3n) is 2.66. The van der Waals surface area contributed by atoms with Crippen LogP contribution in [-0.4, -0.2) is 5.75 Å². The van der Waals surface area contributed by atoms with E-state index in [-0.39, 0.29) is 0 Å². The quantitative estimate of drug-likeness (QED) is 0.411. The lowest BCUT2D eigenvalue weighted by atomic mass is 10.1. The molecule has 16 heavy (non-hydrogen) atoms. The molecule has 0 aromatic heterocycles. The molecule has 1 rings (SSSR count). The van der Waals surface area contributed by atoms with E-state index in [0.717, 1.165) is 6.42 Å². The van der Waals surface area contributed by atoms with E-state index < -0.39 is 0 Å². The van der Waals surface area contributed by atoms with Crippen molar-refractivity contribution in [3.05, 3.63) is 37.3 Å². The van der Waals surface area contributed by atoms with E-state index >= 15 is 0 Å². The van der Waals surface area contributed by atoms with Gasteiger partial charge in [-0.15, -0.1) is 11.8 Å². The summed E-state index contributed by atoms with van der Waals surface area (Å²) in [5, 5.41) is 0. The average Bonchev–Trinajstić information content (AvgIpc) is 2.34. The summed E-state index contributed by atoms with van der Waals surface area (Å²) in [4.78, 5) is 1.40. The van der Waals surface area contributed by atoms with Crippen LogP contribution in [0, 0.1) is 6.92 Å². The van der Waals surface area contributed by atoms with Crippen LogP contribution in [0.15, 0.2) is 35.2 Å². The molecule has 0 amide bonds. The summed E-state index contributed by atoms with van der Waals surface area (Å²) in [5.74, 6) is 1.26. The van der Waals surface area contributed by atoms with Crippen LogP contribution in [0.2, 0.25) is 0 Å². The minimum atomic E-state index is 1.10. The highest BCUT2D eigenvalue weighted by Crippen LogP contribution is 2.19. The molecular formula is C15H23S. The van der Waals surface area contributed by atoms with Gasteiger partial charge in [-0.05, 0) is 24.3 Å². The highest BCUT2D eigenvalue weighted by Gasteiger charge is 1.93. The van der Waals surface area contributed by atoms with Crippen LogP contribution < -0.4 is 0 Å². The smallest absolute Gasteiger partial charge is 0.00719 e. The van der Waals surface area contributed by atoms with Gasteiger partial charge in [-0.3, -0.25) is 0 Å². The molecule has 1 radical (unpaired) electrons. The van der Waals surface area contributed by atoms with Crippen molar-refractivity contribution in [2.75, 3.05) is 5.75 Å². The molecule has 1 heteroatoms. The fourth-order valence-corrected chi connectivity index (χ4v) is 2.63. The minimum absolute atomic E-state index is 1.10. The minimum Gasteiger partial charge on any atom is -0.126 e. The maximum Gasteiger partial charge on any atom is 0.00719 e. The molecule has 0 atom stereocenters. The number of thioether (sulfide) groups is 1. The van der Waals surface area contributed by atoms with Crippen molar-refractivity contribution in [1.29, 1.82) is 0 Å². The molecule has 0 saturated heterocycles. The molecule has 0 aliphatic rings. The van der Waals surface area contributed by atoms with Gasteiger partial charge in [0.1, 0.15) is 0 Å². The first-order chi connectivity index (χ1) is 7.93. The van der Waals surface area contributed by atoms with Crippen molar-refractivity contribution < 1.29 is 0 Å². The van der Waals surface area contributed by atoms with Gasteiger partial charge < -0.3 is 0 Å². The van der Waals surface area contributed by atoms with Gasteiger partial charge >= 0.3 is 0 Å². The highest BCUT2D eigenvalue weighted by atomic mass is 32.2. The number of unbranched alkanes of at least 4 members (excludes halogenated alkanes) is 6. The summed E-state index contributed by atoms with van der Waals surface area (Å²) in [5.41, 5.74) is 0. The summed E-state index contributed by atoms with van der Waals surface area (Å²) in [6.45, 7) is 3.86. The maximum absolute atomic E-state index is 3.86. The van der Waals surface area contributed by atoms with E-state index in [0.29, 0.717) is 0 Å². The van der Waals surface area contributed by atoms with Crippen molar-refractivity contribution in [3.8, 4) is 0 Å². The third-order valence-corrected chi connectivity index (χ3v) is 3.75. The molecule has 1 aromatic carbocycles. The van der Waals surface area contributed by atoms with Crippen molar-refractivity contribution in [1.82, 2.24) is 0 Å². The van der Waals surface area contributed by atoms with E-state index in [1.807, 2.05) is 11.8 Å². The molecule has 0 nitrogen and oxygen atoms in total. The van der Waals surface area contributed by atoms with E-state index in [2.05, 4.69) is 37.3 Å². The van der Waals surface area contributed by atoms with E-state index in [9.17, 15) is 0 Å². The molecule has 0 saturated carbocycles.